The average Bonchev–Trinajstić information content (AvgIpc) is 3.18. The van der Waals surface area contributed by atoms with Gasteiger partial charge in [0, 0.05) is 6.07 Å². The first-order chi connectivity index (χ1) is 10.2. The third-order valence-electron chi connectivity index (χ3n) is 3.35. The molecule has 3 rings (SSSR count). The topological polar surface area (TPSA) is 81.8 Å². The Morgan fingerprint density at radius 2 is 2.29 bits per heavy atom. The number of carbonyl (C=O) groups is 1. The second-order valence-electron chi connectivity index (χ2n) is 4.97. The van der Waals surface area contributed by atoms with E-state index in [0.717, 1.165) is 0 Å². The maximum Gasteiger partial charge on any atom is 0.358 e. The molecule has 1 saturated carbocycles. The molecule has 0 aliphatic heterocycles. The van der Waals surface area contributed by atoms with Gasteiger partial charge < -0.3 is 19.1 Å². The Hall–Kier alpha value is -2.50. The molecule has 1 aromatic heterocycles. The minimum Gasteiger partial charge on any atom is -0.493 e. The van der Waals surface area contributed by atoms with Crippen LogP contribution in [0.25, 0.3) is 11.3 Å². The number of aromatic carboxylic acids is 1. The molecule has 0 bridgehead atoms. The largest absolute Gasteiger partial charge is 0.493 e. The van der Waals surface area contributed by atoms with E-state index in [2.05, 4.69) is 5.16 Å². The highest BCUT2D eigenvalue weighted by atomic mass is 16.5. The second-order valence-corrected chi connectivity index (χ2v) is 4.97. The normalized spacial score (nSPS) is 14.0. The highest BCUT2D eigenvalue weighted by Gasteiger charge is 2.24. The number of hydrogen-bond acceptors (Lipinski definition) is 5. The Balaban J connectivity index is 1.96. The molecule has 1 aliphatic carbocycles. The van der Waals surface area contributed by atoms with E-state index in [1.165, 1.54) is 18.9 Å². The van der Waals surface area contributed by atoms with Gasteiger partial charge in [0.25, 0.3) is 0 Å². The van der Waals surface area contributed by atoms with E-state index in [4.69, 9.17) is 19.1 Å². The fourth-order valence-electron chi connectivity index (χ4n) is 2.01. The van der Waals surface area contributed by atoms with E-state index >= 15 is 0 Å². The summed E-state index contributed by atoms with van der Waals surface area (Å²) in [6.07, 6.45) is 2.35. The van der Waals surface area contributed by atoms with Crippen LogP contribution in [0.2, 0.25) is 0 Å². The number of para-hydroxylation sites is 1. The fourth-order valence-corrected chi connectivity index (χ4v) is 2.01. The van der Waals surface area contributed by atoms with E-state index in [9.17, 15) is 4.79 Å². The molecule has 1 heterocycles. The molecule has 0 atom stereocenters. The van der Waals surface area contributed by atoms with Gasteiger partial charge in [0.1, 0.15) is 0 Å². The molecule has 0 saturated heterocycles. The van der Waals surface area contributed by atoms with Crippen LogP contribution in [0.4, 0.5) is 0 Å². The third-order valence-corrected chi connectivity index (χ3v) is 3.35. The Morgan fingerprint density at radius 1 is 1.48 bits per heavy atom. The Labute approximate surface area is 121 Å². The number of rotatable bonds is 6. The monoisotopic (exact) mass is 289 g/mol. The number of methoxy groups -OCH3 is 1. The first-order valence-corrected chi connectivity index (χ1v) is 6.69. The second kappa shape index (κ2) is 5.47. The summed E-state index contributed by atoms with van der Waals surface area (Å²) in [5.74, 6) is 0.943. The molecule has 6 nitrogen and oxygen atoms in total. The van der Waals surface area contributed by atoms with Gasteiger partial charge in [0.2, 0.25) is 0 Å². The summed E-state index contributed by atoms with van der Waals surface area (Å²) in [7, 11) is 1.56. The first-order valence-electron chi connectivity index (χ1n) is 6.69. The molecule has 21 heavy (non-hydrogen) atoms. The molecule has 0 amide bonds. The van der Waals surface area contributed by atoms with Gasteiger partial charge in [0.05, 0.1) is 19.3 Å². The van der Waals surface area contributed by atoms with Crippen LogP contribution in [0.15, 0.2) is 28.8 Å². The molecule has 1 aromatic carbocycles. The zero-order valence-electron chi connectivity index (χ0n) is 11.5. The van der Waals surface area contributed by atoms with Crippen LogP contribution in [-0.4, -0.2) is 29.9 Å². The van der Waals surface area contributed by atoms with Gasteiger partial charge in [-0.3, -0.25) is 0 Å². The van der Waals surface area contributed by atoms with Crippen LogP contribution in [0, 0.1) is 5.92 Å². The number of hydrogen-bond donors (Lipinski definition) is 1. The maximum atomic E-state index is 10.9. The Morgan fingerprint density at radius 3 is 2.90 bits per heavy atom. The molecule has 0 unspecified atom stereocenters. The Bertz CT molecular complexity index is 660. The van der Waals surface area contributed by atoms with E-state index in [1.54, 1.807) is 25.3 Å². The summed E-state index contributed by atoms with van der Waals surface area (Å²) in [5.41, 5.74) is 0.496. The molecule has 0 radical (unpaired) electrons. The molecule has 6 heteroatoms. The molecule has 110 valence electrons. The molecular weight excluding hydrogens is 274 g/mol. The summed E-state index contributed by atoms with van der Waals surface area (Å²) in [4.78, 5) is 10.9. The standard InChI is InChI=1S/C15H15NO5/c1-19-12-4-2-3-10(14(12)20-8-9-5-6-9)13-7-11(15(17)18)16-21-13/h2-4,7,9H,5-6,8H2,1H3,(H,17,18). The van der Waals surface area contributed by atoms with Crippen molar-refractivity contribution in [2.75, 3.05) is 13.7 Å². The van der Waals surface area contributed by atoms with Crippen molar-refractivity contribution in [3.8, 4) is 22.8 Å². The SMILES string of the molecule is COc1cccc(-c2cc(C(=O)O)no2)c1OCC1CC1. The third kappa shape index (κ3) is 2.84. The number of nitrogens with zero attached hydrogens (tertiary/aromatic N) is 1. The average molecular weight is 289 g/mol. The predicted molar refractivity (Wildman–Crippen MR) is 73.7 cm³/mol. The van der Waals surface area contributed by atoms with Gasteiger partial charge in [-0.15, -0.1) is 0 Å². The van der Waals surface area contributed by atoms with E-state index in [0.29, 0.717) is 35.3 Å². The summed E-state index contributed by atoms with van der Waals surface area (Å²) < 4.78 is 16.3. The van der Waals surface area contributed by atoms with Crippen molar-refractivity contribution in [3.63, 3.8) is 0 Å². The maximum absolute atomic E-state index is 10.9. The van der Waals surface area contributed by atoms with Crippen molar-refractivity contribution in [1.82, 2.24) is 5.16 Å². The van der Waals surface area contributed by atoms with Crippen molar-refractivity contribution in [1.29, 1.82) is 0 Å². The molecule has 1 aliphatic rings. The summed E-state index contributed by atoms with van der Waals surface area (Å²) >= 11 is 0. The number of ether oxygens (including phenoxy) is 2. The van der Waals surface area contributed by atoms with Crippen LogP contribution >= 0.6 is 0 Å². The smallest absolute Gasteiger partial charge is 0.358 e. The van der Waals surface area contributed by atoms with Gasteiger partial charge in [-0.2, -0.15) is 0 Å². The summed E-state index contributed by atoms with van der Waals surface area (Å²) in [6, 6.07) is 6.75. The zero-order valence-corrected chi connectivity index (χ0v) is 11.5. The summed E-state index contributed by atoms with van der Waals surface area (Å²) in [6.45, 7) is 0.618. The lowest BCUT2D eigenvalue weighted by Gasteiger charge is -2.13. The van der Waals surface area contributed by atoms with Crippen LogP contribution in [0.3, 0.4) is 0 Å². The molecule has 0 spiro atoms. The quantitative estimate of drug-likeness (QED) is 0.880. The van der Waals surface area contributed by atoms with Gasteiger partial charge in [-0.25, -0.2) is 4.79 Å². The fraction of sp³-hybridized carbons (Fsp3) is 0.333. The summed E-state index contributed by atoms with van der Waals surface area (Å²) in [5, 5.41) is 12.4. The van der Waals surface area contributed by atoms with Crippen LogP contribution < -0.4 is 9.47 Å². The van der Waals surface area contributed by atoms with Crippen molar-refractivity contribution >= 4 is 5.97 Å². The van der Waals surface area contributed by atoms with Crippen molar-refractivity contribution in [2.45, 2.75) is 12.8 Å². The molecule has 1 N–H and O–H groups in total. The molecule has 2 aromatic rings. The van der Waals surface area contributed by atoms with Crippen LogP contribution in [0.1, 0.15) is 23.3 Å². The zero-order chi connectivity index (χ0) is 14.8. The van der Waals surface area contributed by atoms with Crippen LogP contribution in [-0.2, 0) is 0 Å². The van der Waals surface area contributed by atoms with Gasteiger partial charge in [0.15, 0.2) is 23.0 Å². The lowest BCUT2D eigenvalue weighted by molar-refractivity contribution is 0.0686. The van der Waals surface area contributed by atoms with E-state index < -0.39 is 5.97 Å². The van der Waals surface area contributed by atoms with Crippen molar-refractivity contribution in [2.24, 2.45) is 5.92 Å². The van der Waals surface area contributed by atoms with E-state index in [1.807, 2.05) is 0 Å². The van der Waals surface area contributed by atoms with E-state index in [-0.39, 0.29) is 5.69 Å². The minimum absolute atomic E-state index is 0.138. The molecular formula is C15H15NO5. The number of benzene rings is 1. The Kier molecular flexibility index (Phi) is 3.51. The lowest BCUT2D eigenvalue weighted by Crippen LogP contribution is -2.02. The number of carboxylic acids is 1. The van der Waals surface area contributed by atoms with Gasteiger partial charge in [-0.05, 0) is 30.9 Å². The number of carboxylic acid groups (broad SMARTS) is 1. The molecule has 1 fully saturated rings. The highest BCUT2D eigenvalue weighted by molar-refractivity contribution is 5.87. The van der Waals surface area contributed by atoms with Crippen LogP contribution in [0.5, 0.6) is 11.5 Å². The lowest BCUT2D eigenvalue weighted by atomic mass is 10.1. The van der Waals surface area contributed by atoms with Crippen molar-refractivity contribution in [3.05, 3.63) is 30.0 Å². The van der Waals surface area contributed by atoms with Gasteiger partial charge in [-0.1, -0.05) is 11.2 Å². The van der Waals surface area contributed by atoms with Gasteiger partial charge >= 0.3 is 5.97 Å². The predicted octanol–water partition coefficient (Wildman–Crippen LogP) is 2.84. The number of aromatic nitrogens is 1. The first kappa shape index (κ1) is 13.5. The minimum atomic E-state index is -1.13. The van der Waals surface area contributed by atoms with Crippen molar-refractivity contribution < 1.29 is 23.9 Å². The highest BCUT2D eigenvalue weighted by Crippen LogP contribution is 2.40.